The summed E-state index contributed by atoms with van der Waals surface area (Å²) in [7, 11) is 1.43. The van der Waals surface area contributed by atoms with Crippen LogP contribution in [-0.4, -0.2) is 44.0 Å². The van der Waals surface area contributed by atoms with Gasteiger partial charge in [0.25, 0.3) is 5.56 Å². The fraction of sp³-hybridized carbons (Fsp3) is 0.385. The molecule has 0 spiro atoms. The van der Waals surface area contributed by atoms with E-state index in [0.29, 0.717) is 5.95 Å². The summed E-state index contributed by atoms with van der Waals surface area (Å²) in [6, 6.07) is 0. The quantitative estimate of drug-likeness (QED) is 0.778. The first-order chi connectivity index (χ1) is 10.5. The number of ether oxygens (including phenoxy) is 1. The lowest BCUT2D eigenvalue weighted by Gasteiger charge is -2.16. The van der Waals surface area contributed by atoms with Crippen LogP contribution in [0.1, 0.15) is 12.8 Å². The number of nitrogens with zero attached hydrogens (tertiary/aromatic N) is 4. The number of rotatable bonds is 2. The summed E-state index contributed by atoms with van der Waals surface area (Å²) in [5, 5.41) is 18.9. The molecular formula is C13H14N4O5. The number of hydrogen-bond donors (Lipinski definition) is 2. The number of hydrogen-bond acceptors (Lipinski definition) is 7. The molecule has 0 amide bonds. The zero-order valence-corrected chi connectivity index (χ0v) is 11.8. The lowest BCUT2D eigenvalue weighted by atomic mass is 10.3. The molecule has 0 saturated carbocycles. The van der Waals surface area contributed by atoms with Gasteiger partial charge in [0, 0.05) is 26.3 Å². The summed E-state index contributed by atoms with van der Waals surface area (Å²) in [5.41, 5.74) is -0.560. The van der Waals surface area contributed by atoms with Gasteiger partial charge in [-0.1, -0.05) is 0 Å². The molecule has 0 bridgehead atoms. The highest BCUT2D eigenvalue weighted by atomic mass is 16.7. The number of carboxylic acid groups (broad SMARTS) is 1. The lowest BCUT2D eigenvalue weighted by Crippen LogP contribution is -2.24. The first-order valence-corrected chi connectivity index (χ1v) is 6.73. The molecule has 0 unspecified atom stereocenters. The maximum atomic E-state index is 12.1. The van der Waals surface area contributed by atoms with E-state index in [0.717, 1.165) is 30.5 Å². The minimum atomic E-state index is -1.68. The van der Waals surface area contributed by atoms with Gasteiger partial charge in [0.2, 0.25) is 11.7 Å². The fourth-order valence-corrected chi connectivity index (χ4v) is 2.51. The number of anilines is 1. The predicted octanol–water partition coefficient (Wildman–Crippen LogP) is 0.691. The van der Waals surface area contributed by atoms with Gasteiger partial charge in [-0.25, -0.2) is 9.78 Å². The summed E-state index contributed by atoms with van der Waals surface area (Å²) in [5.74, 6) is -0.750. The van der Waals surface area contributed by atoms with E-state index in [4.69, 9.17) is 5.11 Å². The topological polar surface area (TPSA) is 118 Å². The van der Waals surface area contributed by atoms with Crippen molar-refractivity contribution in [3.8, 4) is 11.5 Å². The molecule has 0 aromatic carbocycles. The summed E-state index contributed by atoms with van der Waals surface area (Å²) in [6.07, 6.45) is 1.79. The number of fused-ring (bicyclic) bond motifs is 1. The zero-order chi connectivity index (χ0) is 15.9. The Balaban J connectivity index is 2.19. The highest BCUT2D eigenvalue weighted by molar-refractivity contribution is 5.85. The van der Waals surface area contributed by atoms with E-state index in [9.17, 15) is 14.7 Å². The molecule has 2 aromatic heterocycles. The average Bonchev–Trinajstić information content (AvgIpc) is 3.03. The largest absolute Gasteiger partial charge is 0.511 e. The van der Waals surface area contributed by atoms with Crippen LogP contribution < -0.4 is 15.2 Å². The van der Waals surface area contributed by atoms with E-state index in [-0.39, 0.29) is 11.0 Å². The van der Waals surface area contributed by atoms with Gasteiger partial charge in [-0.05, 0) is 12.8 Å². The highest BCUT2D eigenvalue weighted by Crippen LogP contribution is 2.31. The Hall–Kier alpha value is -2.84. The molecule has 1 fully saturated rings. The van der Waals surface area contributed by atoms with Gasteiger partial charge >= 0.3 is 6.16 Å². The number of aryl methyl sites for hydroxylation is 1. The van der Waals surface area contributed by atoms with Crippen molar-refractivity contribution in [3.05, 3.63) is 16.6 Å². The molecule has 116 valence electrons. The Labute approximate surface area is 124 Å². The van der Waals surface area contributed by atoms with Gasteiger partial charge in [-0.3, -0.25) is 9.36 Å². The molecule has 2 N–H and O–H groups in total. The van der Waals surface area contributed by atoms with Crippen molar-refractivity contribution < 1.29 is 19.7 Å². The molecular weight excluding hydrogens is 292 g/mol. The van der Waals surface area contributed by atoms with E-state index in [1.165, 1.54) is 13.2 Å². The van der Waals surface area contributed by atoms with Crippen molar-refractivity contribution in [1.82, 2.24) is 14.5 Å². The maximum Gasteiger partial charge on any atom is 0.511 e. The Morgan fingerprint density at radius 1 is 1.36 bits per heavy atom. The molecule has 0 radical (unpaired) electrons. The number of pyridine rings is 1. The standard InChI is InChI=1S/C13H14N4O5/c1-16-10-7(8(18)9(11(16)19)22-13(20)21)6-14-12(15-10)17-4-2-3-5-17/h6,18H,2-5H2,1H3,(H,20,21). The molecule has 1 aliphatic heterocycles. The average molecular weight is 306 g/mol. The van der Waals surface area contributed by atoms with Crippen molar-refractivity contribution in [2.75, 3.05) is 18.0 Å². The Morgan fingerprint density at radius 2 is 2.05 bits per heavy atom. The Bertz CT molecular complexity index is 810. The third-order valence-corrected chi connectivity index (χ3v) is 3.62. The Kier molecular flexibility index (Phi) is 3.32. The molecule has 9 heteroatoms. The van der Waals surface area contributed by atoms with Gasteiger partial charge in [0.05, 0.1) is 5.39 Å². The third-order valence-electron chi connectivity index (χ3n) is 3.62. The second kappa shape index (κ2) is 5.17. The van der Waals surface area contributed by atoms with Crippen LogP contribution in [-0.2, 0) is 7.05 Å². The SMILES string of the molecule is Cn1c(=O)c(OC(=O)O)c(O)c2cnc(N3CCCC3)nc21. The van der Waals surface area contributed by atoms with Crippen LogP contribution in [0.2, 0.25) is 0 Å². The number of aromatic nitrogens is 3. The maximum absolute atomic E-state index is 12.1. The van der Waals surface area contributed by atoms with Crippen molar-refractivity contribution in [3.63, 3.8) is 0 Å². The molecule has 3 rings (SSSR count). The van der Waals surface area contributed by atoms with E-state index in [1.54, 1.807) is 0 Å². The van der Waals surface area contributed by atoms with Crippen molar-refractivity contribution in [2.45, 2.75) is 12.8 Å². The van der Waals surface area contributed by atoms with Gasteiger partial charge in [-0.15, -0.1) is 0 Å². The van der Waals surface area contributed by atoms with Crippen LogP contribution in [0.15, 0.2) is 11.0 Å². The normalized spacial score (nSPS) is 14.5. The summed E-state index contributed by atoms with van der Waals surface area (Å²) in [4.78, 5) is 33.2. The zero-order valence-electron chi connectivity index (χ0n) is 11.8. The minimum Gasteiger partial charge on any atom is -0.504 e. The predicted molar refractivity (Wildman–Crippen MR) is 76.5 cm³/mol. The molecule has 2 aromatic rings. The van der Waals surface area contributed by atoms with Gasteiger partial charge in [-0.2, -0.15) is 4.98 Å². The van der Waals surface area contributed by atoms with Crippen LogP contribution in [0.4, 0.5) is 10.7 Å². The molecule has 0 aliphatic carbocycles. The minimum absolute atomic E-state index is 0.154. The van der Waals surface area contributed by atoms with Crippen LogP contribution in [0.3, 0.4) is 0 Å². The van der Waals surface area contributed by atoms with Crippen molar-refractivity contribution in [2.24, 2.45) is 7.05 Å². The molecule has 22 heavy (non-hydrogen) atoms. The third kappa shape index (κ3) is 2.20. The van der Waals surface area contributed by atoms with Crippen LogP contribution in [0.25, 0.3) is 11.0 Å². The molecule has 1 saturated heterocycles. The summed E-state index contributed by atoms with van der Waals surface area (Å²) >= 11 is 0. The monoisotopic (exact) mass is 306 g/mol. The van der Waals surface area contributed by atoms with Crippen molar-refractivity contribution in [1.29, 1.82) is 0 Å². The lowest BCUT2D eigenvalue weighted by molar-refractivity contribution is 0.142. The van der Waals surface area contributed by atoms with Gasteiger partial charge in [0.15, 0.2) is 11.4 Å². The van der Waals surface area contributed by atoms with E-state index in [2.05, 4.69) is 14.7 Å². The van der Waals surface area contributed by atoms with E-state index < -0.39 is 23.2 Å². The smallest absolute Gasteiger partial charge is 0.504 e. The van der Waals surface area contributed by atoms with Crippen LogP contribution in [0, 0.1) is 0 Å². The fourth-order valence-electron chi connectivity index (χ4n) is 2.51. The molecule has 1 aliphatic rings. The first kappa shape index (κ1) is 14.1. The Morgan fingerprint density at radius 3 is 2.68 bits per heavy atom. The van der Waals surface area contributed by atoms with Crippen LogP contribution >= 0.6 is 0 Å². The molecule has 3 heterocycles. The summed E-state index contributed by atoms with van der Waals surface area (Å²) in [6.45, 7) is 1.68. The van der Waals surface area contributed by atoms with E-state index >= 15 is 0 Å². The van der Waals surface area contributed by atoms with Crippen molar-refractivity contribution >= 4 is 23.1 Å². The second-order valence-electron chi connectivity index (χ2n) is 5.01. The number of aromatic hydroxyl groups is 1. The van der Waals surface area contributed by atoms with Gasteiger partial charge in [0.1, 0.15) is 0 Å². The first-order valence-electron chi connectivity index (χ1n) is 6.73. The summed E-state index contributed by atoms with van der Waals surface area (Å²) < 4.78 is 5.50. The number of carbonyl (C=O) groups is 1. The van der Waals surface area contributed by atoms with Gasteiger partial charge < -0.3 is 19.8 Å². The second-order valence-corrected chi connectivity index (χ2v) is 5.01. The highest BCUT2D eigenvalue weighted by Gasteiger charge is 2.22. The van der Waals surface area contributed by atoms with Crippen LogP contribution in [0.5, 0.6) is 11.5 Å². The van der Waals surface area contributed by atoms with E-state index in [1.807, 2.05) is 4.90 Å². The molecule has 0 atom stereocenters. The molecule has 9 nitrogen and oxygen atoms in total.